The van der Waals surface area contributed by atoms with Gasteiger partial charge in [-0.2, -0.15) is 0 Å². The Bertz CT molecular complexity index is 574. The van der Waals surface area contributed by atoms with Gasteiger partial charge in [-0.1, -0.05) is 12.8 Å². The summed E-state index contributed by atoms with van der Waals surface area (Å²) in [6, 6.07) is 1.54. The summed E-state index contributed by atoms with van der Waals surface area (Å²) in [5.41, 5.74) is 0.368. The smallest absolute Gasteiger partial charge is 0.267 e. The van der Waals surface area contributed by atoms with Crippen LogP contribution in [-0.4, -0.2) is 25.4 Å². The van der Waals surface area contributed by atoms with Crippen LogP contribution in [0.4, 0.5) is 0 Å². The lowest BCUT2D eigenvalue weighted by Gasteiger charge is -2.15. The van der Waals surface area contributed by atoms with Crippen LogP contribution in [0, 0.1) is 0 Å². The van der Waals surface area contributed by atoms with Gasteiger partial charge in [-0.25, -0.2) is 8.42 Å². The van der Waals surface area contributed by atoms with E-state index in [0.717, 1.165) is 25.7 Å². The molecule has 1 fully saturated rings. The maximum Gasteiger partial charge on any atom is 0.267 e. The van der Waals surface area contributed by atoms with Crippen molar-refractivity contribution in [3.05, 3.63) is 18.0 Å². The molecule has 106 valence electrons. The lowest BCUT2D eigenvalue weighted by molar-refractivity contribution is 0.0944. The predicted molar refractivity (Wildman–Crippen MR) is 73.0 cm³/mol. The molecule has 0 bridgehead atoms. The SMILES string of the molecule is CCNC(=O)c1cc(S(=O)(=O)Cl)cn1C1CCCC1. The number of nitrogens with zero attached hydrogens (tertiary/aromatic N) is 1. The van der Waals surface area contributed by atoms with E-state index in [1.807, 2.05) is 6.92 Å². The van der Waals surface area contributed by atoms with E-state index in [9.17, 15) is 13.2 Å². The van der Waals surface area contributed by atoms with Crippen molar-refractivity contribution >= 4 is 25.6 Å². The summed E-state index contributed by atoms with van der Waals surface area (Å²) in [5, 5.41) is 2.69. The van der Waals surface area contributed by atoms with Gasteiger partial charge >= 0.3 is 0 Å². The van der Waals surface area contributed by atoms with Crippen molar-refractivity contribution < 1.29 is 13.2 Å². The van der Waals surface area contributed by atoms with Crippen LogP contribution in [-0.2, 0) is 9.05 Å². The summed E-state index contributed by atoms with van der Waals surface area (Å²) < 4.78 is 24.6. The molecule has 2 rings (SSSR count). The summed E-state index contributed by atoms with van der Waals surface area (Å²) in [6.45, 7) is 2.32. The molecule has 7 heteroatoms. The Labute approximate surface area is 117 Å². The highest BCUT2D eigenvalue weighted by Gasteiger charge is 2.25. The molecule has 1 N–H and O–H groups in total. The molecule has 0 atom stereocenters. The van der Waals surface area contributed by atoms with Crippen molar-refractivity contribution in [1.29, 1.82) is 0 Å². The van der Waals surface area contributed by atoms with Gasteiger partial charge in [0.25, 0.3) is 15.0 Å². The van der Waals surface area contributed by atoms with Gasteiger partial charge in [0.15, 0.2) is 0 Å². The molecule has 1 aliphatic rings. The zero-order valence-electron chi connectivity index (χ0n) is 10.7. The lowest BCUT2D eigenvalue weighted by atomic mass is 10.2. The lowest BCUT2D eigenvalue weighted by Crippen LogP contribution is -2.26. The summed E-state index contributed by atoms with van der Waals surface area (Å²) in [4.78, 5) is 12.0. The second-order valence-corrected chi connectivity index (χ2v) is 7.27. The van der Waals surface area contributed by atoms with E-state index in [-0.39, 0.29) is 16.8 Å². The molecule has 0 radical (unpaired) electrons. The van der Waals surface area contributed by atoms with Crippen LogP contribution < -0.4 is 5.32 Å². The fourth-order valence-electron chi connectivity index (χ4n) is 2.50. The van der Waals surface area contributed by atoms with Crippen LogP contribution in [0.5, 0.6) is 0 Å². The average Bonchev–Trinajstić information content (AvgIpc) is 2.97. The summed E-state index contributed by atoms with van der Waals surface area (Å²) in [7, 11) is 1.55. The van der Waals surface area contributed by atoms with Gasteiger partial charge in [-0.15, -0.1) is 0 Å². The van der Waals surface area contributed by atoms with Crippen molar-refractivity contribution in [2.45, 2.75) is 43.5 Å². The third kappa shape index (κ3) is 3.12. The number of aromatic nitrogens is 1. The molecule has 0 aromatic carbocycles. The van der Waals surface area contributed by atoms with Crippen molar-refractivity contribution in [2.24, 2.45) is 0 Å². The Morgan fingerprint density at radius 1 is 1.47 bits per heavy atom. The minimum absolute atomic E-state index is 0.0117. The zero-order chi connectivity index (χ0) is 14.0. The topological polar surface area (TPSA) is 68.2 Å². The highest BCUT2D eigenvalue weighted by molar-refractivity contribution is 8.13. The Balaban J connectivity index is 2.43. The molecule has 19 heavy (non-hydrogen) atoms. The van der Waals surface area contributed by atoms with Gasteiger partial charge in [0.1, 0.15) is 10.6 Å². The molecule has 5 nitrogen and oxygen atoms in total. The highest BCUT2D eigenvalue weighted by Crippen LogP contribution is 2.32. The van der Waals surface area contributed by atoms with Crippen molar-refractivity contribution in [3.63, 3.8) is 0 Å². The van der Waals surface area contributed by atoms with Crippen LogP contribution >= 0.6 is 10.7 Å². The van der Waals surface area contributed by atoms with E-state index >= 15 is 0 Å². The number of carbonyl (C=O) groups excluding carboxylic acids is 1. The van der Waals surface area contributed by atoms with Crippen LogP contribution in [0.15, 0.2) is 17.2 Å². The summed E-state index contributed by atoms with van der Waals surface area (Å²) in [5.74, 6) is -0.263. The fourth-order valence-corrected chi connectivity index (χ4v) is 3.25. The first-order valence-electron chi connectivity index (χ1n) is 6.38. The molecule has 1 aliphatic carbocycles. The fraction of sp³-hybridized carbons (Fsp3) is 0.583. The first-order chi connectivity index (χ1) is 8.93. The molecule has 1 heterocycles. The van der Waals surface area contributed by atoms with Gasteiger partial charge in [0.2, 0.25) is 0 Å². The average molecular weight is 305 g/mol. The predicted octanol–water partition coefficient (Wildman–Crippen LogP) is 2.28. The second kappa shape index (κ2) is 5.54. The third-order valence-corrected chi connectivity index (χ3v) is 4.71. The Morgan fingerprint density at radius 3 is 2.63 bits per heavy atom. The third-order valence-electron chi connectivity index (χ3n) is 3.39. The molecule has 0 spiro atoms. The van der Waals surface area contributed by atoms with Crippen molar-refractivity contribution in [1.82, 2.24) is 9.88 Å². The van der Waals surface area contributed by atoms with E-state index in [1.165, 1.54) is 12.3 Å². The van der Waals surface area contributed by atoms with Gasteiger partial charge in [-0.05, 0) is 25.8 Å². The zero-order valence-corrected chi connectivity index (χ0v) is 12.3. The van der Waals surface area contributed by atoms with Gasteiger partial charge in [-0.3, -0.25) is 4.79 Å². The quantitative estimate of drug-likeness (QED) is 0.868. The number of hydrogen-bond acceptors (Lipinski definition) is 3. The standard InChI is InChI=1S/C12H17ClN2O3S/c1-2-14-12(16)11-7-10(19(13,17)18)8-15(11)9-5-3-4-6-9/h7-9H,2-6H2,1H3,(H,14,16). The highest BCUT2D eigenvalue weighted by atomic mass is 35.7. The van der Waals surface area contributed by atoms with Gasteiger partial charge < -0.3 is 9.88 Å². The van der Waals surface area contributed by atoms with E-state index in [1.54, 1.807) is 4.57 Å². The number of carbonyl (C=O) groups is 1. The van der Waals surface area contributed by atoms with Crippen LogP contribution in [0.25, 0.3) is 0 Å². The maximum absolute atomic E-state index is 12.0. The summed E-state index contributed by atoms with van der Waals surface area (Å²) >= 11 is 0. The number of halogens is 1. The first-order valence-corrected chi connectivity index (χ1v) is 8.69. The maximum atomic E-state index is 12.0. The first kappa shape index (κ1) is 14.4. The van der Waals surface area contributed by atoms with Crippen LogP contribution in [0.3, 0.4) is 0 Å². The van der Waals surface area contributed by atoms with Crippen molar-refractivity contribution in [3.8, 4) is 0 Å². The number of rotatable bonds is 4. The molecule has 0 aliphatic heterocycles. The Kier molecular flexibility index (Phi) is 4.20. The minimum Gasteiger partial charge on any atom is -0.351 e. The number of nitrogens with one attached hydrogen (secondary N) is 1. The minimum atomic E-state index is -3.81. The number of amides is 1. The van der Waals surface area contributed by atoms with E-state index in [4.69, 9.17) is 10.7 Å². The largest absolute Gasteiger partial charge is 0.351 e. The van der Waals surface area contributed by atoms with E-state index in [0.29, 0.717) is 12.2 Å². The summed E-state index contributed by atoms with van der Waals surface area (Å²) in [6.07, 6.45) is 5.59. The molecule has 1 aromatic heterocycles. The second-order valence-electron chi connectivity index (χ2n) is 4.70. The molecular weight excluding hydrogens is 288 g/mol. The normalized spacial score (nSPS) is 16.7. The number of hydrogen-bond donors (Lipinski definition) is 1. The molecule has 0 saturated heterocycles. The van der Waals surface area contributed by atoms with E-state index < -0.39 is 9.05 Å². The van der Waals surface area contributed by atoms with Crippen LogP contribution in [0.1, 0.15) is 49.1 Å². The van der Waals surface area contributed by atoms with Gasteiger partial charge in [0, 0.05) is 29.5 Å². The van der Waals surface area contributed by atoms with Crippen LogP contribution in [0.2, 0.25) is 0 Å². The Morgan fingerprint density at radius 2 is 2.11 bits per heavy atom. The van der Waals surface area contributed by atoms with Crippen molar-refractivity contribution in [2.75, 3.05) is 6.54 Å². The monoisotopic (exact) mass is 304 g/mol. The molecule has 1 amide bonds. The molecule has 1 aromatic rings. The molecule has 0 unspecified atom stereocenters. The molecular formula is C12H17ClN2O3S. The molecule has 1 saturated carbocycles. The van der Waals surface area contributed by atoms with Gasteiger partial charge in [0.05, 0.1) is 0 Å². The Hall–Kier alpha value is -1.01. The van der Waals surface area contributed by atoms with E-state index in [2.05, 4.69) is 5.32 Å².